The van der Waals surface area contributed by atoms with E-state index in [4.69, 9.17) is 0 Å². The predicted molar refractivity (Wildman–Crippen MR) is 65.7 cm³/mol. The van der Waals surface area contributed by atoms with Gasteiger partial charge in [-0.2, -0.15) is 0 Å². The highest BCUT2D eigenvalue weighted by atomic mass is 15.1. The molecule has 0 amide bonds. The molecule has 1 aliphatic carbocycles. The third kappa shape index (κ3) is 1.39. The molecule has 0 bridgehead atoms. The summed E-state index contributed by atoms with van der Waals surface area (Å²) < 4.78 is 2.12. The minimum Gasteiger partial charge on any atom is -0.366 e. The van der Waals surface area contributed by atoms with Crippen molar-refractivity contribution < 1.29 is 0 Å². The van der Waals surface area contributed by atoms with Crippen molar-refractivity contribution in [3.8, 4) is 0 Å². The molecule has 16 heavy (non-hydrogen) atoms. The van der Waals surface area contributed by atoms with E-state index in [1.807, 2.05) is 18.5 Å². The second-order valence-electron chi connectivity index (χ2n) is 4.68. The number of nitrogens with zero attached hydrogens (tertiary/aromatic N) is 2. The second-order valence-corrected chi connectivity index (χ2v) is 4.68. The van der Waals surface area contributed by atoms with Gasteiger partial charge in [0.25, 0.3) is 0 Å². The number of nitrogens with one attached hydrogen (secondary N) is 1. The van der Waals surface area contributed by atoms with Crippen LogP contribution in [0.2, 0.25) is 0 Å². The summed E-state index contributed by atoms with van der Waals surface area (Å²) in [7, 11) is 0. The van der Waals surface area contributed by atoms with Crippen LogP contribution in [0.5, 0.6) is 0 Å². The molecule has 1 saturated carbocycles. The number of hydrogen-bond acceptors (Lipinski definition) is 2. The van der Waals surface area contributed by atoms with Crippen molar-refractivity contribution in [2.75, 3.05) is 5.32 Å². The van der Waals surface area contributed by atoms with Crippen LogP contribution in [0.4, 0.5) is 5.82 Å². The Bertz CT molecular complexity index is 491. The van der Waals surface area contributed by atoms with Crippen LogP contribution < -0.4 is 5.32 Å². The maximum atomic E-state index is 4.30. The van der Waals surface area contributed by atoms with Gasteiger partial charge in [0.15, 0.2) is 0 Å². The Morgan fingerprint density at radius 1 is 1.44 bits per heavy atom. The summed E-state index contributed by atoms with van der Waals surface area (Å²) in [5, 5.41) is 3.69. The number of imidazole rings is 1. The van der Waals surface area contributed by atoms with E-state index in [9.17, 15) is 0 Å². The molecule has 1 fully saturated rings. The zero-order valence-electron chi connectivity index (χ0n) is 9.61. The van der Waals surface area contributed by atoms with Crippen LogP contribution in [0, 0.1) is 0 Å². The Kier molecular flexibility index (Phi) is 2.13. The fourth-order valence-electron chi connectivity index (χ4n) is 2.49. The lowest BCUT2D eigenvalue weighted by molar-refractivity contribution is 0.268. The minimum absolute atomic E-state index is 0.332. The largest absolute Gasteiger partial charge is 0.366 e. The van der Waals surface area contributed by atoms with E-state index < -0.39 is 0 Å². The van der Waals surface area contributed by atoms with E-state index in [-0.39, 0.29) is 0 Å². The molecule has 3 heteroatoms. The monoisotopic (exact) mass is 215 g/mol. The van der Waals surface area contributed by atoms with Crippen molar-refractivity contribution in [2.45, 2.75) is 38.1 Å². The lowest BCUT2D eigenvalue weighted by Crippen LogP contribution is -2.44. The van der Waals surface area contributed by atoms with Gasteiger partial charge in [-0.1, -0.05) is 13.0 Å². The number of aromatic nitrogens is 2. The normalized spacial score (nSPS) is 18.3. The molecule has 2 aromatic heterocycles. The molecule has 0 spiro atoms. The van der Waals surface area contributed by atoms with E-state index in [0.29, 0.717) is 5.54 Å². The molecule has 1 N–H and O–H groups in total. The summed E-state index contributed by atoms with van der Waals surface area (Å²) in [5.74, 6) is 1.16. The molecule has 2 heterocycles. The quantitative estimate of drug-likeness (QED) is 0.852. The first-order chi connectivity index (χ1) is 7.83. The van der Waals surface area contributed by atoms with Crippen molar-refractivity contribution in [2.24, 2.45) is 0 Å². The molecule has 0 radical (unpaired) electrons. The van der Waals surface area contributed by atoms with Gasteiger partial charge in [0.1, 0.15) is 11.5 Å². The van der Waals surface area contributed by atoms with Crippen LogP contribution >= 0.6 is 0 Å². The Morgan fingerprint density at radius 2 is 2.31 bits per heavy atom. The van der Waals surface area contributed by atoms with Gasteiger partial charge < -0.3 is 5.32 Å². The van der Waals surface area contributed by atoms with Crippen LogP contribution in [-0.4, -0.2) is 14.9 Å². The Labute approximate surface area is 95.5 Å². The van der Waals surface area contributed by atoms with E-state index in [1.165, 1.54) is 25.7 Å². The molecule has 84 valence electrons. The highest BCUT2D eigenvalue weighted by molar-refractivity contribution is 5.51. The van der Waals surface area contributed by atoms with Crippen LogP contribution in [0.15, 0.2) is 30.6 Å². The maximum absolute atomic E-state index is 4.30. The van der Waals surface area contributed by atoms with Gasteiger partial charge in [-0.25, -0.2) is 4.98 Å². The van der Waals surface area contributed by atoms with Gasteiger partial charge in [0.2, 0.25) is 0 Å². The molecule has 3 rings (SSSR count). The molecule has 1 aliphatic rings. The van der Waals surface area contributed by atoms with Crippen molar-refractivity contribution >= 4 is 11.5 Å². The molecule has 0 atom stereocenters. The Hall–Kier alpha value is -1.51. The van der Waals surface area contributed by atoms with Crippen LogP contribution in [0.1, 0.15) is 32.6 Å². The fraction of sp³-hybridized carbons (Fsp3) is 0.462. The molecular formula is C13H17N3. The third-order valence-electron chi connectivity index (χ3n) is 3.81. The van der Waals surface area contributed by atoms with Gasteiger partial charge in [0, 0.05) is 17.9 Å². The first kappa shape index (κ1) is 9.70. The maximum Gasteiger partial charge on any atom is 0.138 e. The lowest BCUT2D eigenvalue weighted by atomic mass is 9.75. The number of hydrogen-bond donors (Lipinski definition) is 1. The van der Waals surface area contributed by atoms with Crippen LogP contribution in [0.3, 0.4) is 0 Å². The SMILES string of the molecule is CCC1(Nc2cccc3nccn23)CCC1. The first-order valence-electron chi connectivity index (χ1n) is 6.03. The van der Waals surface area contributed by atoms with Gasteiger partial charge in [-0.05, 0) is 37.8 Å². The van der Waals surface area contributed by atoms with Gasteiger partial charge in [-0.15, -0.1) is 0 Å². The van der Waals surface area contributed by atoms with Gasteiger partial charge >= 0.3 is 0 Å². The highest BCUT2D eigenvalue weighted by Gasteiger charge is 2.35. The van der Waals surface area contributed by atoms with Crippen molar-refractivity contribution in [1.29, 1.82) is 0 Å². The van der Waals surface area contributed by atoms with E-state index >= 15 is 0 Å². The van der Waals surface area contributed by atoms with Gasteiger partial charge in [-0.3, -0.25) is 4.40 Å². The molecule has 0 saturated heterocycles. The summed E-state index contributed by atoms with van der Waals surface area (Å²) in [6, 6.07) is 6.22. The summed E-state index contributed by atoms with van der Waals surface area (Å²) in [6.07, 6.45) is 8.97. The van der Waals surface area contributed by atoms with Crippen molar-refractivity contribution in [1.82, 2.24) is 9.38 Å². The zero-order valence-corrected chi connectivity index (χ0v) is 9.61. The Balaban J connectivity index is 1.96. The van der Waals surface area contributed by atoms with E-state index in [2.05, 4.69) is 33.8 Å². The van der Waals surface area contributed by atoms with Crippen LogP contribution in [0.25, 0.3) is 5.65 Å². The van der Waals surface area contributed by atoms with Gasteiger partial charge in [0.05, 0.1) is 0 Å². The van der Waals surface area contributed by atoms with Crippen molar-refractivity contribution in [3.63, 3.8) is 0 Å². The second kappa shape index (κ2) is 3.51. The van der Waals surface area contributed by atoms with Crippen LogP contribution in [-0.2, 0) is 0 Å². The molecule has 0 aliphatic heterocycles. The molecule has 0 aromatic carbocycles. The Morgan fingerprint density at radius 3 is 3.00 bits per heavy atom. The smallest absolute Gasteiger partial charge is 0.138 e. The minimum atomic E-state index is 0.332. The summed E-state index contributed by atoms with van der Waals surface area (Å²) in [5.41, 5.74) is 1.34. The number of anilines is 1. The third-order valence-corrected chi connectivity index (χ3v) is 3.81. The van der Waals surface area contributed by atoms with E-state index in [1.54, 1.807) is 0 Å². The number of pyridine rings is 1. The molecular weight excluding hydrogens is 198 g/mol. The number of rotatable bonds is 3. The highest BCUT2D eigenvalue weighted by Crippen LogP contribution is 2.37. The first-order valence-corrected chi connectivity index (χ1v) is 6.03. The summed E-state index contributed by atoms with van der Waals surface area (Å²) in [4.78, 5) is 4.30. The van der Waals surface area contributed by atoms with E-state index in [0.717, 1.165) is 11.5 Å². The fourth-order valence-corrected chi connectivity index (χ4v) is 2.49. The number of fused-ring (bicyclic) bond motifs is 1. The molecule has 0 unspecified atom stereocenters. The standard InChI is InChI=1S/C13H17N3/c1-2-13(7-4-8-13)15-12-6-3-5-11-14-9-10-16(11)12/h3,5-6,9-10,15H,2,4,7-8H2,1H3. The summed E-state index contributed by atoms with van der Waals surface area (Å²) >= 11 is 0. The average Bonchev–Trinajstić information content (AvgIpc) is 2.72. The predicted octanol–water partition coefficient (Wildman–Crippen LogP) is 3.08. The molecule has 2 aromatic rings. The summed E-state index contributed by atoms with van der Waals surface area (Å²) in [6.45, 7) is 2.26. The zero-order chi connectivity index (χ0) is 11.0. The lowest BCUT2D eigenvalue weighted by Gasteiger charge is -2.42. The van der Waals surface area contributed by atoms with Crippen molar-refractivity contribution in [3.05, 3.63) is 30.6 Å². The molecule has 3 nitrogen and oxygen atoms in total. The topological polar surface area (TPSA) is 29.3 Å². The average molecular weight is 215 g/mol.